The van der Waals surface area contributed by atoms with Crippen molar-refractivity contribution >= 4 is 65.6 Å². The topological polar surface area (TPSA) is 38.9 Å². The van der Waals surface area contributed by atoms with Gasteiger partial charge in [-0.3, -0.25) is 0 Å². The smallest absolute Gasteiger partial charge is 0.144 e. The molecule has 3 heterocycles. The molecule has 0 amide bonds. The van der Waals surface area contributed by atoms with Crippen LogP contribution in [0.25, 0.3) is 31.9 Å². The van der Waals surface area contributed by atoms with Gasteiger partial charge >= 0.3 is 0 Å². The molecule has 0 aliphatic rings. The van der Waals surface area contributed by atoms with Crippen LogP contribution in [0.3, 0.4) is 0 Å². The van der Waals surface area contributed by atoms with Crippen LogP contribution >= 0.6 is 54.5 Å². The minimum atomic E-state index is 0.798. The normalized spacial score (nSPS) is 11.3. The molecule has 0 atom stereocenters. The van der Waals surface area contributed by atoms with E-state index in [1.807, 2.05) is 12.1 Å². The number of nitrogens with zero attached hydrogens (tertiary/aromatic N) is 2. The lowest BCUT2D eigenvalue weighted by atomic mass is 10.1. The van der Waals surface area contributed by atoms with Crippen LogP contribution in [0.15, 0.2) is 48.6 Å². The van der Waals surface area contributed by atoms with Crippen LogP contribution in [0.1, 0.15) is 0 Å². The van der Waals surface area contributed by atoms with Crippen molar-refractivity contribution in [2.24, 2.45) is 0 Å². The number of aromatic nitrogens is 2. The third-order valence-electron chi connectivity index (χ3n) is 3.09. The molecule has 21 heavy (non-hydrogen) atoms. The average Bonchev–Trinajstić information content (AvgIpc) is 3.18. The Hall–Kier alpha value is -1.02. The second kappa shape index (κ2) is 5.31. The fraction of sp³-hybridized carbons (Fsp3) is 0. The first-order valence-corrected chi connectivity index (χ1v) is 9.21. The molecule has 3 nitrogen and oxygen atoms in total. The largest absolute Gasteiger partial charge is 0.243 e. The average molecular weight is 442 g/mol. The highest BCUT2D eigenvalue weighted by Gasteiger charge is 2.16. The summed E-state index contributed by atoms with van der Waals surface area (Å²) in [6, 6.07) is 12.4. The second-order valence-corrected chi connectivity index (χ2v) is 9.26. The van der Waals surface area contributed by atoms with Gasteiger partial charge in [0, 0.05) is 20.9 Å². The highest BCUT2D eigenvalue weighted by Crippen LogP contribution is 2.40. The molecule has 0 fully saturated rings. The minimum absolute atomic E-state index is 0.798. The summed E-state index contributed by atoms with van der Waals surface area (Å²) in [5.74, 6) is 0. The van der Waals surface area contributed by atoms with Crippen LogP contribution in [0.4, 0.5) is 0 Å². The van der Waals surface area contributed by atoms with Crippen molar-refractivity contribution in [1.29, 1.82) is 0 Å². The molecule has 1 aromatic carbocycles. The SMILES string of the molecule is Brc1ccc(-c2ccc(-c3ccc(Br)s3)c3nonc23)s1. The fourth-order valence-electron chi connectivity index (χ4n) is 2.18. The first-order chi connectivity index (χ1) is 10.2. The summed E-state index contributed by atoms with van der Waals surface area (Å²) in [7, 11) is 0. The molecule has 0 unspecified atom stereocenters. The quantitative estimate of drug-likeness (QED) is 0.371. The molecule has 0 N–H and O–H groups in total. The maximum absolute atomic E-state index is 4.99. The third-order valence-corrected chi connectivity index (χ3v) is 6.41. The van der Waals surface area contributed by atoms with Gasteiger partial charge in [0.15, 0.2) is 0 Å². The molecule has 0 radical (unpaired) electrons. The molecule has 0 aliphatic carbocycles. The maximum Gasteiger partial charge on any atom is 0.144 e. The molecule has 0 spiro atoms. The van der Waals surface area contributed by atoms with Gasteiger partial charge in [-0.05, 0) is 66.4 Å². The molecule has 4 rings (SSSR count). The summed E-state index contributed by atoms with van der Waals surface area (Å²) in [6.45, 7) is 0. The van der Waals surface area contributed by atoms with Crippen LogP contribution in [0.5, 0.6) is 0 Å². The van der Waals surface area contributed by atoms with Crippen molar-refractivity contribution in [1.82, 2.24) is 10.3 Å². The second-order valence-electron chi connectivity index (χ2n) is 4.33. The van der Waals surface area contributed by atoms with Crippen LogP contribution in [0, 0.1) is 0 Å². The zero-order valence-corrected chi connectivity index (χ0v) is 15.1. The zero-order valence-electron chi connectivity index (χ0n) is 10.3. The Morgan fingerprint density at radius 1 is 0.714 bits per heavy atom. The number of rotatable bonds is 2. The van der Waals surface area contributed by atoms with Gasteiger partial charge in [-0.25, -0.2) is 4.63 Å². The molecule has 7 heteroatoms. The molecule has 0 bridgehead atoms. The van der Waals surface area contributed by atoms with Gasteiger partial charge in [0.25, 0.3) is 0 Å². The number of thiophene rings is 2. The Labute approximate surface area is 144 Å². The minimum Gasteiger partial charge on any atom is -0.243 e. The van der Waals surface area contributed by atoms with E-state index in [4.69, 9.17) is 4.63 Å². The van der Waals surface area contributed by atoms with Crippen molar-refractivity contribution in [3.8, 4) is 20.9 Å². The monoisotopic (exact) mass is 440 g/mol. The highest BCUT2D eigenvalue weighted by molar-refractivity contribution is 9.11. The molecule has 0 saturated heterocycles. The first-order valence-electron chi connectivity index (χ1n) is 5.99. The van der Waals surface area contributed by atoms with E-state index in [0.717, 1.165) is 39.5 Å². The van der Waals surface area contributed by atoms with Crippen LogP contribution in [-0.4, -0.2) is 10.3 Å². The predicted octanol–water partition coefficient (Wildman–Crippen LogP) is 6.20. The molecule has 104 valence electrons. The lowest BCUT2D eigenvalue weighted by Crippen LogP contribution is -1.81. The van der Waals surface area contributed by atoms with E-state index in [1.54, 1.807) is 22.7 Å². The van der Waals surface area contributed by atoms with Crippen LogP contribution in [0.2, 0.25) is 0 Å². The van der Waals surface area contributed by atoms with Crippen LogP contribution < -0.4 is 0 Å². The van der Waals surface area contributed by atoms with Gasteiger partial charge in [0.1, 0.15) is 11.0 Å². The van der Waals surface area contributed by atoms with Gasteiger partial charge in [-0.2, -0.15) is 0 Å². The predicted molar refractivity (Wildman–Crippen MR) is 93.8 cm³/mol. The van der Waals surface area contributed by atoms with E-state index < -0.39 is 0 Å². The van der Waals surface area contributed by atoms with Crippen molar-refractivity contribution in [3.63, 3.8) is 0 Å². The summed E-state index contributed by atoms with van der Waals surface area (Å²) in [5.41, 5.74) is 3.68. The summed E-state index contributed by atoms with van der Waals surface area (Å²) in [5, 5.41) is 8.19. The summed E-state index contributed by atoms with van der Waals surface area (Å²) in [4.78, 5) is 2.28. The number of halogens is 2. The molecule has 0 aliphatic heterocycles. The van der Waals surface area contributed by atoms with E-state index >= 15 is 0 Å². The Kier molecular flexibility index (Phi) is 3.45. The highest BCUT2D eigenvalue weighted by atomic mass is 79.9. The first kappa shape index (κ1) is 13.6. The van der Waals surface area contributed by atoms with Crippen molar-refractivity contribution in [3.05, 3.63) is 44.0 Å². The van der Waals surface area contributed by atoms with Gasteiger partial charge in [-0.15, -0.1) is 22.7 Å². The molecule has 4 aromatic rings. The maximum atomic E-state index is 4.99. The van der Waals surface area contributed by atoms with Gasteiger partial charge in [0.05, 0.1) is 7.57 Å². The fourth-order valence-corrected chi connectivity index (χ4v) is 5.01. The third kappa shape index (κ3) is 2.38. The van der Waals surface area contributed by atoms with Crippen molar-refractivity contribution in [2.45, 2.75) is 0 Å². The van der Waals surface area contributed by atoms with E-state index in [2.05, 4.69) is 66.4 Å². The van der Waals surface area contributed by atoms with Crippen molar-refractivity contribution in [2.75, 3.05) is 0 Å². The lowest BCUT2D eigenvalue weighted by molar-refractivity contribution is 0.315. The number of hydrogen-bond acceptors (Lipinski definition) is 5. The van der Waals surface area contributed by atoms with E-state index in [1.165, 1.54) is 0 Å². The molecular weight excluding hydrogens is 436 g/mol. The summed E-state index contributed by atoms with van der Waals surface area (Å²) >= 11 is 10.3. The molecular formula is C14H6Br2N2OS2. The van der Waals surface area contributed by atoms with E-state index in [9.17, 15) is 0 Å². The van der Waals surface area contributed by atoms with Gasteiger partial charge in [-0.1, -0.05) is 12.1 Å². The number of benzene rings is 1. The summed E-state index contributed by atoms with van der Waals surface area (Å²) < 4.78 is 7.17. The Morgan fingerprint density at radius 2 is 1.19 bits per heavy atom. The Bertz CT molecular complexity index is 867. The molecule has 0 saturated carbocycles. The number of fused-ring (bicyclic) bond motifs is 1. The standard InChI is InChI=1S/C14H6Br2N2OS2/c15-11-5-3-9(20-11)7-1-2-8(10-4-6-12(16)21-10)14-13(7)17-19-18-14/h1-6H. The van der Waals surface area contributed by atoms with E-state index in [0.29, 0.717) is 0 Å². The van der Waals surface area contributed by atoms with Gasteiger partial charge in [0.2, 0.25) is 0 Å². The Morgan fingerprint density at radius 3 is 1.57 bits per heavy atom. The van der Waals surface area contributed by atoms with Crippen molar-refractivity contribution < 1.29 is 4.63 Å². The zero-order chi connectivity index (χ0) is 14.4. The summed E-state index contributed by atoms with van der Waals surface area (Å²) in [6.07, 6.45) is 0. The lowest BCUT2D eigenvalue weighted by Gasteiger charge is -2.02. The van der Waals surface area contributed by atoms with Gasteiger partial charge < -0.3 is 0 Å². The van der Waals surface area contributed by atoms with E-state index in [-0.39, 0.29) is 0 Å². The van der Waals surface area contributed by atoms with Crippen LogP contribution in [-0.2, 0) is 0 Å². The number of hydrogen-bond donors (Lipinski definition) is 0. The molecule has 3 aromatic heterocycles. The Balaban J connectivity index is 1.96.